The molecular weight excluding hydrogens is 310 g/mol. The molecule has 1 aliphatic heterocycles. The summed E-state index contributed by atoms with van der Waals surface area (Å²) in [4.78, 5) is 7.02. The highest BCUT2D eigenvalue weighted by Crippen LogP contribution is 2.29. The van der Waals surface area contributed by atoms with Gasteiger partial charge in [0.1, 0.15) is 11.5 Å². The van der Waals surface area contributed by atoms with Crippen molar-refractivity contribution in [3.8, 4) is 11.5 Å². The molecule has 5 nitrogen and oxygen atoms in total. The predicted octanol–water partition coefficient (Wildman–Crippen LogP) is 2.69. The molecular formula is C17H27N3O2S. The molecule has 0 amide bonds. The maximum atomic E-state index is 10.0. The monoisotopic (exact) mass is 337 g/mol. The van der Waals surface area contributed by atoms with Crippen LogP contribution in [0.2, 0.25) is 0 Å². The number of aliphatic imine (C=N–C) groups is 1. The number of guanidine groups is 1. The molecule has 2 rings (SSSR count). The third kappa shape index (κ3) is 4.96. The fraction of sp³-hybridized carbons (Fsp3) is 0.588. The summed E-state index contributed by atoms with van der Waals surface area (Å²) in [6.07, 6.45) is 0. The summed E-state index contributed by atoms with van der Waals surface area (Å²) in [5.74, 6) is 2.98. The van der Waals surface area contributed by atoms with Crippen molar-refractivity contribution in [3.05, 3.63) is 23.8 Å². The Bertz CT molecular complexity index is 561. The average molecular weight is 337 g/mol. The Morgan fingerprint density at radius 3 is 2.91 bits per heavy atom. The molecule has 0 unspecified atom stereocenters. The van der Waals surface area contributed by atoms with E-state index in [4.69, 9.17) is 9.73 Å². The smallest absolute Gasteiger partial charge is 0.194 e. The van der Waals surface area contributed by atoms with Gasteiger partial charge in [0.05, 0.1) is 13.7 Å². The summed E-state index contributed by atoms with van der Waals surface area (Å²) in [7, 11) is 1.62. The first-order valence-corrected chi connectivity index (χ1v) is 8.97. The molecule has 1 aromatic carbocycles. The highest BCUT2D eigenvalue weighted by atomic mass is 32.2. The van der Waals surface area contributed by atoms with Crippen LogP contribution in [0.1, 0.15) is 26.3 Å². The molecule has 2 N–H and O–H groups in total. The van der Waals surface area contributed by atoms with Crippen molar-refractivity contribution in [1.29, 1.82) is 0 Å². The molecule has 6 heteroatoms. The van der Waals surface area contributed by atoms with Gasteiger partial charge in [-0.2, -0.15) is 11.8 Å². The Hall–Kier alpha value is -1.56. The number of ether oxygens (including phenoxy) is 1. The zero-order valence-corrected chi connectivity index (χ0v) is 15.2. The molecule has 1 aromatic rings. The van der Waals surface area contributed by atoms with Crippen LogP contribution in [0.15, 0.2) is 23.2 Å². The van der Waals surface area contributed by atoms with Crippen LogP contribution in [0.3, 0.4) is 0 Å². The Morgan fingerprint density at radius 2 is 2.26 bits per heavy atom. The Balaban J connectivity index is 2.15. The lowest BCUT2D eigenvalue weighted by molar-refractivity contribution is 0.375. The van der Waals surface area contributed by atoms with Gasteiger partial charge in [-0.3, -0.25) is 0 Å². The van der Waals surface area contributed by atoms with Crippen molar-refractivity contribution < 1.29 is 9.84 Å². The van der Waals surface area contributed by atoms with Crippen molar-refractivity contribution in [2.75, 3.05) is 32.5 Å². The van der Waals surface area contributed by atoms with Crippen LogP contribution in [0, 0.1) is 0 Å². The van der Waals surface area contributed by atoms with Gasteiger partial charge in [-0.1, -0.05) is 0 Å². The lowest BCUT2D eigenvalue weighted by Crippen LogP contribution is -2.50. The van der Waals surface area contributed by atoms with E-state index in [0.29, 0.717) is 6.54 Å². The number of phenolic OH excluding ortho intramolecular Hbond substituents is 1. The molecule has 1 saturated heterocycles. The SMILES string of the molecule is CCNC(=NCc1cc(OC)ccc1O)N1CCSC(C)(C)C1. The van der Waals surface area contributed by atoms with E-state index in [-0.39, 0.29) is 10.5 Å². The molecule has 0 spiro atoms. The van der Waals surface area contributed by atoms with E-state index in [2.05, 4.69) is 31.0 Å². The molecule has 0 aliphatic carbocycles. The molecule has 0 atom stereocenters. The van der Waals surface area contributed by atoms with Gasteiger partial charge in [0.25, 0.3) is 0 Å². The fourth-order valence-electron chi connectivity index (χ4n) is 2.60. The van der Waals surface area contributed by atoms with Gasteiger partial charge in [-0.15, -0.1) is 0 Å². The van der Waals surface area contributed by atoms with Gasteiger partial charge in [0.2, 0.25) is 0 Å². The number of phenols is 1. The minimum atomic E-state index is 0.229. The highest BCUT2D eigenvalue weighted by Gasteiger charge is 2.28. The molecule has 1 fully saturated rings. The summed E-state index contributed by atoms with van der Waals surface area (Å²) in [5.41, 5.74) is 0.769. The van der Waals surface area contributed by atoms with Gasteiger partial charge in [0, 0.05) is 35.7 Å². The molecule has 1 heterocycles. The molecule has 23 heavy (non-hydrogen) atoms. The van der Waals surface area contributed by atoms with Crippen LogP contribution < -0.4 is 10.1 Å². The number of nitrogens with one attached hydrogen (secondary N) is 1. The van der Waals surface area contributed by atoms with Crippen molar-refractivity contribution in [2.45, 2.75) is 32.1 Å². The Kier molecular flexibility index (Phi) is 6.04. The summed E-state index contributed by atoms with van der Waals surface area (Å²) in [5, 5.41) is 13.4. The van der Waals surface area contributed by atoms with E-state index in [1.165, 1.54) is 0 Å². The average Bonchev–Trinajstić information content (AvgIpc) is 2.51. The summed E-state index contributed by atoms with van der Waals surface area (Å²) < 4.78 is 5.45. The van der Waals surface area contributed by atoms with Crippen molar-refractivity contribution >= 4 is 17.7 Å². The fourth-order valence-corrected chi connectivity index (χ4v) is 3.71. The molecule has 128 valence electrons. The number of hydrogen-bond acceptors (Lipinski definition) is 4. The van der Waals surface area contributed by atoms with Crippen molar-refractivity contribution in [3.63, 3.8) is 0 Å². The first-order valence-electron chi connectivity index (χ1n) is 7.98. The Morgan fingerprint density at radius 1 is 1.48 bits per heavy atom. The number of rotatable bonds is 4. The topological polar surface area (TPSA) is 57.1 Å². The lowest BCUT2D eigenvalue weighted by Gasteiger charge is -2.39. The summed E-state index contributed by atoms with van der Waals surface area (Å²) in [6, 6.07) is 5.23. The van der Waals surface area contributed by atoms with Gasteiger partial charge in [0.15, 0.2) is 5.96 Å². The van der Waals surface area contributed by atoms with Crippen molar-refractivity contribution in [2.24, 2.45) is 4.99 Å². The van der Waals surface area contributed by atoms with Crippen LogP contribution in [-0.4, -0.2) is 53.2 Å². The molecule has 1 aliphatic rings. The number of methoxy groups -OCH3 is 1. The number of aromatic hydroxyl groups is 1. The van der Waals surface area contributed by atoms with Gasteiger partial charge >= 0.3 is 0 Å². The number of nitrogens with zero attached hydrogens (tertiary/aromatic N) is 2. The van der Waals surface area contributed by atoms with E-state index >= 15 is 0 Å². The number of benzene rings is 1. The zero-order chi connectivity index (χ0) is 16.9. The van der Waals surface area contributed by atoms with Crippen LogP contribution in [0.4, 0.5) is 0 Å². The summed E-state index contributed by atoms with van der Waals surface area (Å²) >= 11 is 2.00. The third-order valence-electron chi connectivity index (χ3n) is 3.75. The van der Waals surface area contributed by atoms with Crippen LogP contribution in [-0.2, 0) is 6.54 Å². The van der Waals surface area contributed by atoms with E-state index in [1.807, 2.05) is 17.8 Å². The Labute approximate surface area is 143 Å². The second kappa shape index (κ2) is 7.81. The van der Waals surface area contributed by atoms with E-state index in [0.717, 1.165) is 42.7 Å². The second-order valence-electron chi connectivity index (χ2n) is 6.19. The first kappa shape index (κ1) is 17.8. The highest BCUT2D eigenvalue weighted by molar-refractivity contribution is 8.00. The largest absolute Gasteiger partial charge is 0.508 e. The van der Waals surface area contributed by atoms with Crippen LogP contribution in [0.25, 0.3) is 0 Å². The van der Waals surface area contributed by atoms with Crippen LogP contribution in [0.5, 0.6) is 11.5 Å². The normalized spacial score (nSPS) is 17.9. The molecule has 0 bridgehead atoms. The lowest BCUT2D eigenvalue weighted by atomic mass is 10.2. The molecule has 0 radical (unpaired) electrons. The quantitative estimate of drug-likeness (QED) is 0.653. The summed E-state index contributed by atoms with van der Waals surface area (Å²) in [6.45, 7) is 9.81. The van der Waals surface area contributed by atoms with E-state index in [9.17, 15) is 5.11 Å². The number of hydrogen-bond donors (Lipinski definition) is 2. The van der Waals surface area contributed by atoms with E-state index in [1.54, 1.807) is 19.2 Å². The molecule has 0 aromatic heterocycles. The second-order valence-corrected chi connectivity index (χ2v) is 8.00. The number of thioether (sulfide) groups is 1. The minimum Gasteiger partial charge on any atom is -0.508 e. The molecule has 0 saturated carbocycles. The maximum Gasteiger partial charge on any atom is 0.194 e. The van der Waals surface area contributed by atoms with E-state index < -0.39 is 0 Å². The van der Waals surface area contributed by atoms with Gasteiger partial charge in [-0.25, -0.2) is 4.99 Å². The maximum absolute atomic E-state index is 10.0. The zero-order valence-electron chi connectivity index (χ0n) is 14.4. The standard InChI is InChI=1S/C17H27N3O2S/c1-5-18-16(20-8-9-23-17(2,3)12-20)19-11-13-10-14(22-4)6-7-15(13)21/h6-7,10,21H,5,8-9,11-12H2,1-4H3,(H,18,19). The van der Waals surface area contributed by atoms with Crippen LogP contribution >= 0.6 is 11.8 Å². The third-order valence-corrected chi connectivity index (χ3v) is 5.04. The van der Waals surface area contributed by atoms with Crippen molar-refractivity contribution in [1.82, 2.24) is 10.2 Å². The predicted molar refractivity (Wildman–Crippen MR) is 97.6 cm³/mol. The van der Waals surface area contributed by atoms with Gasteiger partial charge < -0.3 is 20.1 Å². The first-order chi connectivity index (χ1) is 10.9. The minimum absolute atomic E-state index is 0.229. The van der Waals surface area contributed by atoms with Gasteiger partial charge in [-0.05, 0) is 39.0 Å².